The Hall–Kier alpha value is -2.11. The van der Waals surface area contributed by atoms with Crippen LogP contribution in [0.15, 0.2) is 42.5 Å². The van der Waals surface area contributed by atoms with Crippen LogP contribution < -0.4 is 10.6 Å². The van der Waals surface area contributed by atoms with Crippen molar-refractivity contribution in [1.82, 2.24) is 10.6 Å². The van der Waals surface area contributed by atoms with Crippen molar-refractivity contribution in [3.63, 3.8) is 0 Å². The first-order valence-corrected chi connectivity index (χ1v) is 9.74. The SMILES string of the molecule is CC(C)CC(NC(=O)c1ccc(Cl)cc1Cl)C(=O)NC(C)c1ccc(F)cc1. The van der Waals surface area contributed by atoms with Crippen LogP contribution in [-0.2, 0) is 4.79 Å². The van der Waals surface area contributed by atoms with E-state index in [2.05, 4.69) is 10.6 Å². The van der Waals surface area contributed by atoms with Gasteiger partial charge >= 0.3 is 0 Å². The lowest BCUT2D eigenvalue weighted by Crippen LogP contribution is -2.48. The second-order valence-electron chi connectivity index (χ2n) is 7.06. The first-order chi connectivity index (χ1) is 13.2. The number of nitrogens with one attached hydrogen (secondary N) is 2. The van der Waals surface area contributed by atoms with Gasteiger partial charge in [-0.2, -0.15) is 0 Å². The molecular formula is C21H23Cl2FN2O2. The predicted octanol–water partition coefficient (Wildman–Crippen LogP) is 5.15. The maximum atomic E-state index is 13.1. The monoisotopic (exact) mass is 424 g/mol. The Kier molecular flexibility index (Phi) is 7.84. The van der Waals surface area contributed by atoms with E-state index in [1.54, 1.807) is 25.1 Å². The van der Waals surface area contributed by atoms with Crippen LogP contribution in [0.5, 0.6) is 0 Å². The normalized spacial score (nSPS) is 13.1. The maximum absolute atomic E-state index is 13.1. The fourth-order valence-corrected chi connectivity index (χ4v) is 3.26. The van der Waals surface area contributed by atoms with E-state index in [0.29, 0.717) is 11.4 Å². The van der Waals surface area contributed by atoms with Crippen molar-refractivity contribution in [3.05, 3.63) is 69.5 Å². The zero-order valence-electron chi connectivity index (χ0n) is 15.9. The fraction of sp³-hybridized carbons (Fsp3) is 0.333. The van der Waals surface area contributed by atoms with Crippen molar-refractivity contribution in [2.24, 2.45) is 5.92 Å². The molecule has 0 saturated heterocycles. The van der Waals surface area contributed by atoms with E-state index in [1.807, 2.05) is 13.8 Å². The third-order valence-corrected chi connectivity index (χ3v) is 4.78. The Balaban J connectivity index is 2.12. The Labute approximate surface area is 174 Å². The average molecular weight is 425 g/mol. The molecule has 7 heteroatoms. The summed E-state index contributed by atoms with van der Waals surface area (Å²) in [6, 6.07) is 9.41. The van der Waals surface area contributed by atoms with Crippen LogP contribution in [0.4, 0.5) is 4.39 Å². The van der Waals surface area contributed by atoms with Gasteiger partial charge in [0.05, 0.1) is 16.6 Å². The molecular weight excluding hydrogens is 402 g/mol. The minimum atomic E-state index is -0.734. The van der Waals surface area contributed by atoms with Crippen LogP contribution in [0.3, 0.4) is 0 Å². The second kappa shape index (κ2) is 9.89. The Bertz CT molecular complexity index is 841. The van der Waals surface area contributed by atoms with E-state index in [1.165, 1.54) is 24.3 Å². The molecule has 150 valence electrons. The van der Waals surface area contributed by atoms with Crippen LogP contribution in [0.1, 0.15) is 49.2 Å². The lowest BCUT2D eigenvalue weighted by Gasteiger charge is -2.23. The standard InChI is InChI=1S/C21H23Cl2FN2O2/c1-12(2)10-19(26-20(27)17-9-6-15(22)11-18(17)23)21(28)25-13(3)14-4-7-16(24)8-5-14/h4-9,11-13,19H,10H2,1-3H3,(H,25,28)(H,26,27). The highest BCUT2D eigenvalue weighted by Crippen LogP contribution is 2.21. The number of hydrogen-bond donors (Lipinski definition) is 2. The summed E-state index contributed by atoms with van der Waals surface area (Å²) in [7, 11) is 0. The Morgan fingerprint density at radius 1 is 1.00 bits per heavy atom. The summed E-state index contributed by atoms with van der Waals surface area (Å²) < 4.78 is 13.1. The van der Waals surface area contributed by atoms with Gasteiger partial charge < -0.3 is 10.6 Å². The Morgan fingerprint density at radius 3 is 2.21 bits per heavy atom. The van der Waals surface area contributed by atoms with Crippen molar-refractivity contribution < 1.29 is 14.0 Å². The first-order valence-electron chi connectivity index (χ1n) is 8.99. The quantitative estimate of drug-likeness (QED) is 0.644. The van der Waals surface area contributed by atoms with Gasteiger partial charge in [0.1, 0.15) is 11.9 Å². The van der Waals surface area contributed by atoms with Crippen LogP contribution in [0.25, 0.3) is 0 Å². The highest BCUT2D eigenvalue weighted by molar-refractivity contribution is 6.36. The summed E-state index contributed by atoms with van der Waals surface area (Å²) in [5.41, 5.74) is 1.02. The highest BCUT2D eigenvalue weighted by atomic mass is 35.5. The molecule has 0 aliphatic carbocycles. The van der Waals surface area contributed by atoms with Gasteiger partial charge in [-0.25, -0.2) is 4.39 Å². The van der Waals surface area contributed by atoms with E-state index >= 15 is 0 Å². The van der Waals surface area contributed by atoms with Gasteiger partial charge in [-0.1, -0.05) is 49.2 Å². The molecule has 0 fully saturated rings. The highest BCUT2D eigenvalue weighted by Gasteiger charge is 2.25. The summed E-state index contributed by atoms with van der Waals surface area (Å²) in [6.45, 7) is 5.73. The average Bonchev–Trinajstić information content (AvgIpc) is 2.61. The molecule has 2 amide bonds. The molecule has 0 bridgehead atoms. The van der Waals surface area contributed by atoms with Gasteiger partial charge in [0.2, 0.25) is 5.91 Å². The summed E-state index contributed by atoms with van der Waals surface area (Å²) in [6.07, 6.45) is 0.457. The van der Waals surface area contributed by atoms with Gasteiger partial charge in [0.25, 0.3) is 5.91 Å². The molecule has 0 heterocycles. The zero-order valence-corrected chi connectivity index (χ0v) is 17.4. The molecule has 0 aliphatic heterocycles. The molecule has 2 aromatic rings. The lowest BCUT2D eigenvalue weighted by molar-refractivity contribution is -0.124. The molecule has 2 aromatic carbocycles. The molecule has 2 N–H and O–H groups in total. The van der Waals surface area contributed by atoms with Crippen LogP contribution in [-0.4, -0.2) is 17.9 Å². The molecule has 0 radical (unpaired) electrons. The van der Waals surface area contributed by atoms with Gasteiger partial charge in [0.15, 0.2) is 0 Å². The molecule has 0 spiro atoms. The van der Waals surface area contributed by atoms with Crippen molar-refractivity contribution in [2.45, 2.75) is 39.3 Å². The fourth-order valence-electron chi connectivity index (χ4n) is 2.76. The molecule has 0 aromatic heterocycles. The van der Waals surface area contributed by atoms with Crippen molar-refractivity contribution >= 4 is 35.0 Å². The van der Waals surface area contributed by atoms with Crippen molar-refractivity contribution in [3.8, 4) is 0 Å². The number of benzene rings is 2. The number of halogens is 3. The summed E-state index contributed by atoms with van der Waals surface area (Å²) in [4.78, 5) is 25.4. The molecule has 0 saturated carbocycles. The number of hydrogen-bond acceptors (Lipinski definition) is 2. The number of amides is 2. The van der Waals surface area contributed by atoms with Crippen LogP contribution in [0, 0.1) is 11.7 Å². The number of carbonyl (C=O) groups excluding carboxylic acids is 2. The van der Waals surface area contributed by atoms with Gasteiger partial charge in [-0.3, -0.25) is 9.59 Å². The Morgan fingerprint density at radius 2 is 1.64 bits per heavy atom. The zero-order chi connectivity index (χ0) is 20.8. The predicted molar refractivity (Wildman–Crippen MR) is 110 cm³/mol. The molecule has 28 heavy (non-hydrogen) atoms. The minimum absolute atomic E-state index is 0.179. The van der Waals surface area contributed by atoms with E-state index in [-0.39, 0.29) is 34.3 Å². The van der Waals surface area contributed by atoms with E-state index in [0.717, 1.165) is 5.56 Å². The summed E-state index contributed by atoms with van der Waals surface area (Å²) >= 11 is 12.0. The summed E-state index contributed by atoms with van der Waals surface area (Å²) in [5.74, 6) is -0.925. The summed E-state index contributed by atoms with van der Waals surface area (Å²) in [5, 5.41) is 6.26. The molecule has 0 aliphatic rings. The van der Waals surface area contributed by atoms with Crippen molar-refractivity contribution in [2.75, 3.05) is 0 Å². The smallest absolute Gasteiger partial charge is 0.253 e. The second-order valence-corrected chi connectivity index (χ2v) is 7.91. The van der Waals surface area contributed by atoms with Crippen LogP contribution in [0.2, 0.25) is 10.0 Å². The van der Waals surface area contributed by atoms with E-state index in [4.69, 9.17) is 23.2 Å². The maximum Gasteiger partial charge on any atom is 0.253 e. The van der Waals surface area contributed by atoms with Crippen molar-refractivity contribution in [1.29, 1.82) is 0 Å². The number of carbonyl (C=O) groups is 2. The third-order valence-electron chi connectivity index (χ3n) is 4.23. The minimum Gasteiger partial charge on any atom is -0.348 e. The van der Waals surface area contributed by atoms with Gasteiger partial charge in [0, 0.05) is 5.02 Å². The molecule has 2 rings (SSSR count). The van der Waals surface area contributed by atoms with Gasteiger partial charge in [-0.05, 0) is 55.2 Å². The molecule has 2 atom stereocenters. The lowest BCUT2D eigenvalue weighted by atomic mass is 10.0. The van der Waals surface area contributed by atoms with E-state index in [9.17, 15) is 14.0 Å². The first kappa shape index (κ1) is 22.2. The topological polar surface area (TPSA) is 58.2 Å². The number of rotatable bonds is 7. The molecule has 4 nitrogen and oxygen atoms in total. The van der Waals surface area contributed by atoms with E-state index < -0.39 is 11.9 Å². The van der Waals surface area contributed by atoms with Crippen LogP contribution >= 0.6 is 23.2 Å². The largest absolute Gasteiger partial charge is 0.348 e. The third kappa shape index (κ3) is 6.21. The van der Waals surface area contributed by atoms with Gasteiger partial charge in [-0.15, -0.1) is 0 Å². The molecule has 2 unspecified atom stereocenters.